The third-order valence-corrected chi connectivity index (χ3v) is 7.57. The van der Waals surface area contributed by atoms with E-state index in [2.05, 4.69) is 21.3 Å². The number of carboxylic acids is 1. The van der Waals surface area contributed by atoms with Crippen molar-refractivity contribution in [3.8, 4) is 17.6 Å². The van der Waals surface area contributed by atoms with E-state index >= 15 is 0 Å². The number of amides is 4. The van der Waals surface area contributed by atoms with Crippen molar-refractivity contribution < 1.29 is 56.5 Å². The summed E-state index contributed by atoms with van der Waals surface area (Å²) >= 11 is 0. The number of hydrogen-bond donors (Lipinski definition) is 5. The van der Waals surface area contributed by atoms with E-state index in [4.69, 9.17) is 14.6 Å². The van der Waals surface area contributed by atoms with Crippen LogP contribution in [0, 0.1) is 17.2 Å². The van der Waals surface area contributed by atoms with Crippen LogP contribution in [0.5, 0.6) is 11.5 Å². The largest absolute Gasteiger partial charge is 0.497 e. The average molecular weight is 740 g/mol. The van der Waals surface area contributed by atoms with Crippen LogP contribution >= 0.6 is 0 Å². The normalized spacial score (nSPS) is 12.6. The van der Waals surface area contributed by atoms with Gasteiger partial charge in [0.25, 0.3) is 17.6 Å². The van der Waals surface area contributed by atoms with Gasteiger partial charge < -0.3 is 35.8 Å². The Hall–Kier alpha value is -6.44. The number of methoxy groups -OCH3 is 1. The maximum atomic E-state index is 14.0. The quantitative estimate of drug-likeness (QED) is 0.137. The van der Waals surface area contributed by atoms with Gasteiger partial charge >= 0.3 is 12.1 Å². The third kappa shape index (κ3) is 12.4. The molecule has 53 heavy (non-hydrogen) atoms. The molecule has 3 rings (SSSR count). The van der Waals surface area contributed by atoms with Crippen molar-refractivity contribution in [2.45, 2.75) is 44.6 Å². The number of nitrogens with one attached hydrogen (secondary N) is 4. The van der Waals surface area contributed by atoms with E-state index < -0.39 is 78.8 Å². The molecule has 17 heteroatoms. The van der Waals surface area contributed by atoms with Gasteiger partial charge in [0, 0.05) is 12.0 Å². The molecule has 0 fully saturated rings. The highest BCUT2D eigenvalue weighted by Crippen LogP contribution is 2.24. The Labute approximate surface area is 301 Å². The van der Waals surface area contributed by atoms with Gasteiger partial charge in [-0.2, -0.15) is 18.4 Å². The summed E-state index contributed by atoms with van der Waals surface area (Å²) in [7, 11) is 1.38. The number of rotatable bonds is 17. The van der Waals surface area contributed by atoms with E-state index in [9.17, 15) is 47.2 Å². The molecule has 0 aliphatic heterocycles. The molecule has 0 saturated carbocycles. The first-order valence-corrected chi connectivity index (χ1v) is 15.9. The number of alkyl halides is 3. The highest BCUT2D eigenvalue weighted by Gasteiger charge is 2.45. The maximum Gasteiger partial charge on any atom is 0.452 e. The summed E-state index contributed by atoms with van der Waals surface area (Å²) in [5.41, 5.74) is 0.841. The maximum absolute atomic E-state index is 14.0. The Morgan fingerprint density at radius 3 is 2.08 bits per heavy atom. The van der Waals surface area contributed by atoms with Gasteiger partial charge in [0.1, 0.15) is 30.1 Å². The van der Waals surface area contributed by atoms with E-state index in [-0.39, 0.29) is 28.9 Å². The Balaban J connectivity index is 1.91. The zero-order chi connectivity index (χ0) is 39.3. The number of ketones is 1. The van der Waals surface area contributed by atoms with Crippen molar-refractivity contribution in [1.82, 2.24) is 21.3 Å². The molecule has 0 heterocycles. The summed E-state index contributed by atoms with van der Waals surface area (Å²) in [6.45, 7) is 1.52. The predicted octanol–water partition coefficient (Wildman–Crippen LogP) is 2.62. The first kappa shape index (κ1) is 41.0. The number of halogens is 3. The van der Waals surface area contributed by atoms with Crippen molar-refractivity contribution in [2.75, 3.05) is 20.3 Å². The second kappa shape index (κ2) is 18.7. The number of Topliss-reactive ketones (excluding diaryl/α,β-unsaturated/α-hetero) is 1. The smallest absolute Gasteiger partial charge is 0.452 e. The lowest BCUT2D eigenvalue weighted by Crippen LogP contribution is -2.55. The molecule has 3 unspecified atom stereocenters. The molecule has 3 aromatic carbocycles. The molecule has 3 atom stereocenters. The fourth-order valence-electron chi connectivity index (χ4n) is 4.82. The molecule has 0 radical (unpaired) electrons. The van der Waals surface area contributed by atoms with Gasteiger partial charge in [0.05, 0.1) is 24.8 Å². The standard InChI is InChI=1S/C36H36F3N5O9/c1-20(2)30(32(48)36(37,38)39)43-35(51)31(23-7-11-25(52-3)12-8-23)44-34(50)27(16-21-5-4-6-22(15-21)17-40)42-33(49)24-9-13-26(14-10-24)53-19-28(45)41-18-29(46)47/h4-15,20,27,30-31H,16,18-19H2,1-3H3,(H,41,45)(H,42,49)(H,43,51)(H,44,50)(H,46,47). The monoisotopic (exact) mass is 739 g/mol. The minimum Gasteiger partial charge on any atom is -0.497 e. The van der Waals surface area contributed by atoms with Crippen LogP contribution in [0.25, 0.3) is 0 Å². The Kier molecular flexibility index (Phi) is 14.5. The Bertz CT molecular complexity index is 1840. The van der Waals surface area contributed by atoms with Crippen molar-refractivity contribution >= 4 is 35.4 Å². The van der Waals surface area contributed by atoms with Crippen LogP contribution in [0.1, 0.15) is 46.9 Å². The van der Waals surface area contributed by atoms with E-state index in [1.807, 2.05) is 6.07 Å². The number of ether oxygens (including phenoxy) is 2. The second-order valence-electron chi connectivity index (χ2n) is 11.8. The molecule has 280 valence electrons. The predicted molar refractivity (Wildman–Crippen MR) is 180 cm³/mol. The lowest BCUT2D eigenvalue weighted by molar-refractivity contribution is -0.175. The average Bonchev–Trinajstić information content (AvgIpc) is 3.13. The van der Waals surface area contributed by atoms with Crippen molar-refractivity contribution in [3.63, 3.8) is 0 Å². The molecule has 0 bridgehead atoms. The first-order chi connectivity index (χ1) is 25.0. The Morgan fingerprint density at radius 2 is 1.51 bits per heavy atom. The lowest BCUT2D eigenvalue weighted by Gasteiger charge is -2.27. The molecule has 4 amide bonds. The minimum atomic E-state index is -5.25. The third-order valence-electron chi connectivity index (χ3n) is 7.57. The summed E-state index contributed by atoms with van der Waals surface area (Å²) in [6, 6.07) is 14.1. The van der Waals surface area contributed by atoms with Crippen LogP contribution in [0.3, 0.4) is 0 Å². The highest BCUT2D eigenvalue weighted by atomic mass is 19.4. The van der Waals surface area contributed by atoms with Crippen molar-refractivity contribution in [1.29, 1.82) is 5.26 Å². The molecular formula is C36H36F3N5O9. The van der Waals surface area contributed by atoms with Crippen molar-refractivity contribution in [2.24, 2.45) is 5.92 Å². The number of aliphatic carboxylic acids is 1. The number of hydrogen-bond acceptors (Lipinski definition) is 9. The number of nitrogens with zero attached hydrogens (tertiary/aromatic N) is 1. The molecule has 0 spiro atoms. The van der Waals surface area contributed by atoms with E-state index in [0.717, 1.165) is 0 Å². The van der Waals surface area contributed by atoms with Gasteiger partial charge in [-0.05, 0) is 65.6 Å². The summed E-state index contributed by atoms with van der Waals surface area (Å²) in [5, 5.41) is 27.4. The second-order valence-corrected chi connectivity index (χ2v) is 11.8. The fourth-order valence-corrected chi connectivity index (χ4v) is 4.82. The molecule has 0 aliphatic carbocycles. The molecular weight excluding hydrogens is 703 g/mol. The molecule has 0 aliphatic rings. The zero-order valence-electron chi connectivity index (χ0n) is 28.7. The van der Waals surface area contributed by atoms with E-state index in [1.165, 1.54) is 81.6 Å². The van der Waals surface area contributed by atoms with Gasteiger partial charge in [-0.15, -0.1) is 0 Å². The van der Waals surface area contributed by atoms with Crippen LogP contribution in [-0.4, -0.2) is 79.0 Å². The topological polar surface area (TPSA) is 213 Å². The van der Waals surface area contributed by atoms with Crippen LogP contribution in [-0.2, 0) is 30.4 Å². The summed E-state index contributed by atoms with van der Waals surface area (Å²) in [4.78, 5) is 75.5. The fraction of sp³-hybridized carbons (Fsp3) is 0.306. The van der Waals surface area contributed by atoms with Crippen LogP contribution in [0.15, 0.2) is 72.8 Å². The van der Waals surface area contributed by atoms with Crippen LogP contribution < -0.4 is 30.7 Å². The van der Waals surface area contributed by atoms with Crippen LogP contribution in [0.4, 0.5) is 13.2 Å². The highest BCUT2D eigenvalue weighted by molar-refractivity contribution is 5.99. The number of benzene rings is 3. The SMILES string of the molecule is COc1ccc(C(NC(=O)C(Cc2cccc(C#N)c2)NC(=O)c2ccc(OCC(=O)NCC(=O)O)cc2)C(=O)NC(C(=O)C(F)(F)F)C(C)C)cc1. The number of carbonyl (C=O) groups is 6. The van der Waals surface area contributed by atoms with Gasteiger partial charge in [0.2, 0.25) is 11.8 Å². The number of carbonyl (C=O) groups excluding carboxylic acids is 5. The number of nitriles is 1. The molecule has 0 saturated heterocycles. The summed E-state index contributed by atoms with van der Waals surface area (Å²) in [5.74, 6) is -7.42. The van der Waals surface area contributed by atoms with Gasteiger partial charge in [-0.25, -0.2) is 0 Å². The minimum absolute atomic E-state index is 0.0335. The van der Waals surface area contributed by atoms with Gasteiger partial charge in [-0.3, -0.25) is 28.8 Å². The zero-order valence-corrected chi connectivity index (χ0v) is 28.7. The molecule has 14 nitrogen and oxygen atoms in total. The summed E-state index contributed by atoms with van der Waals surface area (Å²) in [6.07, 6.45) is -5.45. The number of carboxylic acid groups (broad SMARTS) is 1. The van der Waals surface area contributed by atoms with Gasteiger partial charge in [0.15, 0.2) is 6.61 Å². The van der Waals surface area contributed by atoms with E-state index in [0.29, 0.717) is 11.3 Å². The van der Waals surface area contributed by atoms with Crippen molar-refractivity contribution in [3.05, 3.63) is 95.1 Å². The molecule has 5 N–H and O–H groups in total. The first-order valence-electron chi connectivity index (χ1n) is 15.9. The molecule has 0 aromatic heterocycles. The van der Waals surface area contributed by atoms with Gasteiger partial charge in [-0.1, -0.05) is 38.1 Å². The lowest BCUT2D eigenvalue weighted by atomic mass is 9.97. The Morgan fingerprint density at radius 1 is 0.868 bits per heavy atom. The van der Waals surface area contributed by atoms with E-state index in [1.54, 1.807) is 12.1 Å². The van der Waals surface area contributed by atoms with Crippen LogP contribution in [0.2, 0.25) is 0 Å². The summed E-state index contributed by atoms with van der Waals surface area (Å²) < 4.78 is 50.7. The molecule has 3 aromatic rings.